The van der Waals surface area contributed by atoms with E-state index in [1.165, 1.54) is 6.92 Å². The lowest BCUT2D eigenvalue weighted by Crippen LogP contribution is -2.74. The summed E-state index contributed by atoms with van der Waals surface area (Å²) in [5, 5.41) is 97.9. The smallest absolute Gasteiger partial charge is 0.246 e. The van der Waals surface area contributed by atoms with Crippen LogP contribution in [0.5, 0.6) is 0 Å². The molecule has 2 saturated heterocycles. The molecule has 2 aliphatic rings. The van der Waals surface area contributed by atoms with Gasteiger partial charge in [-0.1, -0.05) is 33.6 Å². The third-order valence-corrected chi connectivity index (χ3v) is 13.2. The van der Waals surface area contributed by atoms with Crippen LogP contribution >= 0.6 is 0 Å². The highest BCUT2D eigenvalue weighted by molar-refractivity contribution is 5.86. The first-order chi connectivity index (χ1) is 35.5. The van der Waals surface area contributed by atoms with Crippen LogP contribution in [0.25, 0.3) is 0 Å². The number of aliphatic hydroxyl groups excluding tert-OH is 4. The van der Waals surface area contributed by atoms with Crippen LogP contribution in [0.1, 0.15) is 144 Å². The van der Waals surface area contributed by atoms with Gasteiger partial charge in [-0.25, -0.2) is 15.2 Å². The van der Waals surface area contributed by atoms with Crippen LogP contribution in [-0.4, -0.2) is 217 Å². The molecule has 0 saturated carbocycles. The Labute approximate surface area is 440 Å². The lowest BCUT2D eigenvalue weighted by molar-refractivity contribution is -0.389. The van der Waals surface area contributed by atoms with Gasteiger partial charge in [-0.15, -0.1) is 0 Å². The van der Waals surface area contributed by atoms with Crippen molar-refractivity contribution >= 4 is 41.2 Å². The summed E-state index contributed by atoms with van der Waals surface area (Å²) in [5.41, 5.74) is 0. The maximum absolute atomic E-state index is 13.9. The molecule has 8 unspecified atom stereocenters. The van der Waals surface area contributed by atoms with Crippen molar-refractivity contribution in [2.45, 2.75) is 211 Å². The van der Waals surface area contributed by atoms with Gasteiger partial charge in [0.1, 0.15) is 36.6 Å². The maximum Gasteiger partial charge on any atom is 0.246 e. The Balaban J connectivity index is 1.79. The number of hydroxylamine groups is 6. The molecule has 0 aliphatic carbocycles. The second-order valence-electron chi connectivity index (χ2n) is 19.5. The van der Waals surface area contributed by atoms with Crippen LogP contribution < -0.4 is 21.3 Å². The largest absolute Gasteiger partial charge is 0.396 e. The molecule has 434 valence electrons. The number of nitrogens with zero attached hydrogens (tertiary/aromatic N) is 3. The lowest BCUT2D eigenvalue weighted by atomic mass is 9.87. The minimum absolute atomic E-state index is 0.00465. The van der Waals surface area contributed by atoms with Crippen molar-refractivity contribution in [3.8, 4) is 0 Å². The highest BCUT2D eigenvalue weighted by Gasteiger charge is 2.60. The van der Waals surface area contributed by atoms with E-state index in [1.54, 1.807) is 13.8 Å². The van der Waals surface area contributed by atoms with Gasteiger partial charge in [0.15, 0.2) is 12.1 Å². The van der Waals surface area contributed by atoms with Crippen molar-refractivity contribution < 1.29 is 93.7 Å². The summed E-state index contributed by atoms with van der Waals surface area (Å²) in [5.74, 6) is -6.20. The average molecular weight is 1080 g/mol. The molecular formula is C49H89N7O19. The summed E-state index contributed by atoms with van der Waals surface area (Å²) in [6.45, 7) is 10.0. The van der Waals surface area contributed by atoms with Gasteiger partial charge in [-0.2, -0.15) is 0 Å². The molecule has 0 aromatic carbocycles. The van der Waals surface area contributed by atoms with E-state index in [9.17, 15) is 74.7 Å². The number of ketones is 1. The Morgan fingerprint density at radius 3 is 1.73 bits per heavy atom. The van der Waals surface area contributed by atoms with Gasteiger partial charge >= 0.3 is 0 Å². The molecule has 2 heterocycles. The van der Waals surface area contributed by atoms with Crippen LogP contribution in [0, 0.1) is 5.92 Å². The van der Waals surface area contributed by atoms with Crippen molar-refractivity contribution in [1.82, 2.24) is 36.5 Å². The molecule has 0 aromatic rings. The van der Waals surface area contributed by atoms with E-state index in [-0.39, 0.29) is 70.1 Å². The first-order valence-corrected chi connectivity index (χ1v) is 26.5. The molecule has 26 heteroatoms. The average Bonchev–Trinajstić information content (AvgIpc) is 3.37. The summed E-state index contributed by atoms with van der Waals surface area (Å²) in [7, 11) is 0. The molecule has 0 spiro atoms. The van der Waals surface area contributed by atoms with Crippen molar-refractivity contribution in [2.24, 2.45) is 5.92 Å². The molecule has 75 heavy (non-hydrogen) atoms. The fourth-order valence-corrected chi connectivity index (χ4v) is 8.33. The van der Waals surface area contributed by atoms with Crippen molar-refractivity contribution in [3.05, 3.63) is 0 Å². The molecule has 2 aliphatic heterocycles. The Morgan fingerprint density at radius 2 is 1.21 bits per heavy atom. The number of hydrogen-bond acceptors (Lipinski definition) is 20. The second-order valence-corrected chi connectivity index (χ2v) is 19.5. The lowest BCUT2D eigenvalue weighted by Gasteiger charge is -2.52. The topological polar surface area (TPSA) is 376 Å². The van der Waals surface area contributed by atoms with Gasteiger partial charge in [0.05, 0.1) is 24.9 Å². The quantitative estimate of drug-likeness (QED) is 0.0162. The molecular weight excluding hydrogens is 991 g/mol. The number of carbonyl (C=O) groups is 7. The molecule has 6 amide bonds. The number of rotatable bonds is 37. The zero-order chi connectivity index (χ0) is 56.3. The van der Waals surface area contributed by atoms with Crippen LogP contribution in [0.2, 0.25) is 0 Å². The molecule has 0 aromatic heterocycles. The van der Waals surface area contributed by atoms with E-state index in [1.807, 2.05) is 13.8 Å². The molecule has 2 fully saturated rings. The van der Waals surface area contributed by atoms with E-state index in [0.29, 0.717) is 99.0 Å². The molecule has 26 nitrogen and oxygen atoms in total. The molecule has 2 rings (SSSR count). The number of Topliss-reactive ketones (excluding diaryl/α,β-unsaturated/α-hetero) is 1. The number of hydrogen-bond donors (Lipinski definition) is 12. The first kappa shape index (κ1) is 67.1. The van der Waals surface area contributed by atoms with E-state index in [4.69, 9.17) is 18.9 Å². The predicted molar refractivity (Wildman–Crippen MR) is 265 cm³/mol. The summed E-state index contributed by atoms with van der Waals surface area (Å²) in [4.78, 5) is 86.4. The number of ether oxygens (including phenoxy) is 4. The molecule has 0 bridgehead atoms. The van der Waals surface area contributed by atoms with Crippen LogP contribution in [0.3, 0.4) is 0 Å². The van der Waals surface area contributed by atoms with E-state index < -0.39 is 109 Å². The molecule has 12 N–H and O–H groups in total. The van der Waals surface area contributed by atoms with Crippen molar-refractivity contribution in [2.75, 3.05) is 52.4 Å². The zero-order valence-electron chi connectivity index (χ0n) is 44.7. The molecule has 12 atom stereocenters. The summed E-state index contributed by atoms with van der Waals surface area (Å²) < 4.78 is 24.3. The van der Waals surface area contributed by atoms with Gasteiger partial charge in [0.25, 0.3) is 0 Å². The second kappa shape index (κ2) is 35.4. The Kier molecular flexibility index (Phi) is 31.7. The van der Waals surface area contributed by atoms with E-state index in [0.717, 1.165) is 13.3 Å². The maximum atomic E-state index is 13.9. The summed E-state index contributed by atoms with van der Waals surface area (Å²) >= 11 is 0. The Morgan fingerprint density at radius 1 is 0.680 bits per heavy atom. The Hall–Kier alpha value is -4.03. The summed E-state index contributed by atoms with van der Waals surface area (Å²) in [6.07, 6.45) is -8.20. The highest BCUT2D eigenvalue weighted by atomic mass is 16.7. The number of carbonyl (C=O) groups excluding carboxylic acids is 7. The summed E-state index contributed by atoms with van der Waals surface area (Å²) in [6, 6.07) is -1.62. The fourth-order valence-electron chi connectivity index (χ4n) is 8.33. The third-order valence-electron chi connectivity index (χ3n) is 13.2. The third kappa shape index (κ3) is 23.6. The van der Waals surface area contributed by atoms with Gasteiger partial charge in [-0.05, 0) is 83.6 Å². The number of nitrogens with one attached hydrogen (secondary N) is 4. The first-order valence-electron chi connectivity index (χ1n) is 26.5. The minimum Gasteiger partial charge on any atom is -0.396 e. The van der Waals surface area contributed by atoms with E-state index in [2.05, 4.69) is 21.3 Å². The highest BCUT2D eigenvalue weighted by Crippen LogP contribution is 2.37. The Bertz CT molecular complexity index is 1750. The number of aliphatic hydroxyl groups is 5. The number of unbranched alkanes of at least 4 members (excludes halogenated alkanes) is 5. The van der Waals surface area contributed by atoms with Crippen LogP contribution in [0.15, 0.2) is 0 Å². The van der Waals surface area contributed by atoms with E-state index >= 15 is 0 Å². The van der Waals surface area contributed by atoms with Gasteiger partial charge < -0.3 is 65.7 Å². The zero-order valence-corrected chi connectivity index (χ0v) is 44.7. The molecule has 0 radical (unpaired) electrons. The SMILES string of the molecule is CCC(C)CC1OC(C(=O)CNCCCCCN(O)C(=O)CCC(=O)NCCCCCN(O)C(=O)CCC(=O)NCCCCN(O)C(C)=O)[C@@H](O[C@@H]2OC(CCO)[C@@H](O)C(O)(O[C@H](C)CC)C2NC(C)=O)C(O)C1O. The monoisotopic (exact) mass is 1080 g/mol. The predicted octanol–water partition coefficient (Wildman–Crippen LogP) is -0.481. The van der Waals surface area contributed by atoms with Crippen molar-refractivity contribution in [3.63, 3.8) is 0 Å². The van der Waals surface area contributed by atoms with Gasteiger partial charge in [-0.3, -0.25) is 49.2 Å². The minimum atomic E-state index is -2.53. The van der Waals surface area contributed by atoms with Crippen LogP contribution in [0.4, 0.5) is 0 Å². The standard InChI is InChI=1S/C49H89N7O19/c1-7-31(3)29-37-42(65)43(66)45(74-48-46(53-33(5)58)49(68,75-32(4)8-2)47(67)36(73-48)21-28-57)44(72-37)35(60)30-50-22-11-9-14-26-55(70)40(63)19-17-38(61)51-23-12-10-15-27-56(71)41(64)20-18-39(62)52-24-13-16-25-54(69)34(6)59/h31-32,36-37,42-48,50,57,65-71H,7-30H2,1-6H3,(H,51,61)(H,52,62)(H,53,58)/t31?,32-,36?,37?,42?,43?,44?,45+,46?,47-,48+,49?/m1/s1. The number of amides is 6. The normalized spacial score (nSPS) is 25.4. The van der Waals surface area contributed by atoms with Crippen molar-refractivity contribution in [1.29, 1.82) is 0 Å². The van der Waals surface area contributed by atoms with Gasteiger partial charge in [0, 0.05) is 78.9 Å². The van der Waals surface area contributed by atoms with Crippen LogP contribution in [-0.2, 0) is 52.5 Å². The van der Waals surface area contributed by atoms with Gasteiger partial charge in [0.2, 0.25) is 41.2 Å². The fraction of sp³-hybridized carbons (Fsp3) is 0.857.